The van der Waals surface area contributed by atoms with E-state index in [0.717, 1.165) is 18.2 Å². The van der Waals surface area contributed by atoms with Crippen LogP contribution in [0, 0.1) is 0 Å². The smallest absolute Gasteiger partial charge is 0.131 e. The Labute approximate surface area is 110 Å². The predicted molar refractivity (Wildman–Crippen MR) is 73.9 cm³/mol. The number of hydrogen-bond acceptors (Lipinski definition) is 6. The molecule has 2 heterocycles. The molecule has 0 saturated heterocycles. The van der Waals surface area contributed by atoms with Gasteiger partial charge in [0.2, 0.25) is 0 Å². The number of aromatic nitrogens is 2. The predicted octanol–water partition coefficient (Wildman–Crippen LogP) is 1.94. The van der Waals surface area contributed by atoms with E-state index in [1.54, 1.807) is 11.3 Å². The second-order valence-corrected chi connectivity index (χ2v) is 4.76. The maximum Gasteiger partial charge on any atom is 0.131 e. The van der Waals surface area contributed by atoms with Crippen molar-refractivity contribution in [1.29, 1.82) is 0 Å². The Kier molecular flexibility index (Phi) is 4.92. The fourth-order valence-corrected chi connectivity index (χ4v) is 2.08. The summed E-state index contributed by atoms with van der Waals surface area (Å²) in [5, 5.41) is 17.1. The third-order valence-electron chi connectivity index (χ3n) is 2.33. The van der Waals surface area contributed by atoms with Crippen LogP contribution in [-0.2, 0) is 6.54 Å². The van der Waals surface area contributed by atoms with Gasteiger partial charge in [0, 0.05) is 24.1 Å². The first kappa shape index (κ1) is 12.8. The molecular weight excluding hydrogens is 248 g/mol. The standard InChI is InChI=1S/C12H16N4OS/c17-5-2-4-13-11-7-12(16-9-15-11)14-8-10-3-1-6-18-10/h1,3,6-7,9,17H,2,4-5,8H2,(H2,13,14,15,16). The lowest BCUT2D eigenvalue weighted by Gasteiger charge is -2.07. The summed E-state index contributed by atoms with van der Waals surface area (Å²) in [5.41, 5.74) is 0. The molecule has 0 amide bonds. The van der Waals surface area contributed by atoms with E-state index in [4.69, 9.17) is 5.11 Å². The quantitative estimate of drug-likeness (QED) is 0.667. The topological polar surface area (TPSA) is 70.1 Å². The van der Waals surface area contributed by atoms with E-state index in [0.29, 0.717) is 13.0 Å². The van der Waals surface area contributed by atoms with Crippen molar-refractivity contribution in [3.8, 4) is 0 Å². The lowest BCUT2D eigenvalue weighted by molar-refractivity contribution is 0.292. The van der Waals surface area contributed by atoms with E-state index >= 15 is 0 Å². The van der Waals surface area contributed by atoms with Crippen LogP contribution in [0.15, 0.2) is 29.9 Å². The van der Waals surface area contributed by atoms with Gasteiger partial charge in [-0.25, -0.2) is 9.97 Å². The van der Waals surface area contributed by atoms with Crippen molar-refractivity contribution in [2.24, 2.45) is 0 Å². The van der Waals surface area contributed by atoms with Crippen molar-refractivity contribution in [3.63, 3.8) is 0 Å². The van der Waals surface area contributed by atoms with Gasteiger partial charge in [-0.3, -0.25) is 0 Å². The molecule has 18 heavy (non-hydrogen) atoms. The molecule has 0 unspecified atom stereocenters. The summed E-state index contributed by atoms with van der Waals surface area (Å²) in [6.07, 6.45) is 2.24. The molecule has 0 bridgehead atoms. The zero-order valence-electron chi connectivity index (χ0n) is 9.97. The molecule has 0 spiro atoms. The number of aliphatic hydroxyl groups is 1. The number of rotatable bonds is 7. The first-order valence-electron chi connectivity index (χ1n) is 5.81. The summed E-state index contributed by atoms with van der Waals surface area (Å²) in [7, 11) is 0. The Morgan fingerprint density at radius 3 is 2.78 bits per heavy atom. The van der Waals surface area contributed by atoms with Crippen molar-refractivity contribution < 1.29 is 5.11 Å². The maximum absolute atomic E-state index is 8.70. The summed E-state index contributed by atoms with van der Waals surface area (Å²) in [5.74, 6) is 1.57. The van der Waals surface area contributed by atoms with Gasteiger partial charge < -0.3 is 15.7 Å². The Balaban J connectivity index is 1.86. The number of anilines is 2. The minimum absolute atomic E-state index is 0.182. The van der Waals surface area contributed by atoms with Gasteiger partial charge in [-0.1, -0.05) is 6.07 Å². The van der Waals surface area contributed by atoms with Crippen LogP contribution in [-0.4, -0.2) is 28.2 Å². The highest BCUT2D eigenvalue weighted by Gasteiger charge is 1.99. The highest BCUT2D eigenvalue weighted by molar-refractivity contribution is 7.09. The van der Waals surface area contributed by atoms with Gasteiger partial charge in [0.15, 0.2) is 0 Å². The van der Waals surface area contributed by atoms with Crippen molar-refractivity contribution in [2.45, 2.75) is 13.0 Å². The zero-order chi connectivity index (χ0) is 12.6. The van der Waals surface area contributed by atoms with Crippen LogP contribution < -0.4 is 10.6 Å². The summed E-state index contributed by atoms with van der Waals surface area (Å²) < 4.78 is 0. The molecule has 0 aromatic carbocycles. The molecule has 0 aliphatic carbocycles. The van der Waals surface area contributed by atoms with Gasteiger partial charge in [0.1, 0.15) is 18.0 Å². The van der Waals surface area contributed by atoms with E-state index in [-0.39, 0.29) is 6.61 Å². The minimum atomic E-state index is 0.182. The Morgan fingerprint density at radius 1 is 1.22 bits per heavy atom. The van der Waals surface area contributed by atoms with Crippen LogP contribution in [0.4, 0.5) is 11.6 Å². The first-order chi connectivity index (χ1) is 8.88. The fraction of sp³-hybridized carbons (Fsp3) is 0.333. The lowest BCUT2D eigenvalue weighted by atomic mass is 10.4. The van der Waals surface area contributed by atoms with Gasteiger partial charge in [-0.05, 0) is 17.9 Å². The largest absolute Gasteiger partial charge is 0.396 e. The van der Waals surface area contributed by atoms with Crippen LogP contribution in [0.2, 0.25) is 0 Å². The Bertz CT molecular complexity index is 461. The second kappa shape index (κ2) is 6.93. The van der Waals surface area contributed by atoms with Crippen molar-refractivity contribution in [1.82, 2.24) is 9.97 Å². The minimum Gasteiger partial charge on any atom is -0.396 e. The SMILES string of the molecule is OCCCNc1cc(NCc2cccs2)ncn1. The normalized spacial score (nSPS) is 10.3. The van der Waals surface area contributed by atoms with E-state index in [1.807, 2.05) is 12.1 Å². The monoisotopic (exact) mass is 264 g/mol. The second-order valence-electron chi connectivity index (χ2n) is 3.73. The Hall–Kier alpha value is -1.66. The average molecular weight is 264 g/mol. The molecule has 5 nitrogen and oxygen atoms in total. The van der Waals surface area contributed by atoms with Crippen LogP contribution in [0.1, 0.15) is 11.3 Å². The van der Waals surface area contributed by atoms with Gasteiger partial charge in [0.25, 0.3) is 0 Å². The molecule has 0 aliphatic heterocycles. The Morgan fingerprint density at radius 2 is 2.06 bits per heavy atom. The van der Waals surface area contributed by atoms with E-state index in [2.05, 4.69) is 32.0 Å². The van der Waals surface area contributed by atoms with Gasteiger partial charge in [-0.15, -0.1) is 11.3 Å². The molecule has 0 saturated carbocycles. The number of nitrogens with zero attached hydrogens (tertiary/aromatic N) is 2. The van der Waals surface area contributed by atoms with E-state index in [9.17, 15) is 0 Å². The summed E-state index contributed by atoms with van der Waals surface area (Å²) in [6, 6.07) is 5.98. The van der Waals surface area contributed by atoms with Crippen molar-refractivity contribution in [2.75, 3.05) is 23.8 Å². The molecule has 0 aliphatic rings. The van der Waals surface area contributed by atoms with Crippen LogP contribution in [0.5, 0.6) is 0 Å². The van der Waals surface area contributed by atoms with Crippen LogP contribution >= 0.6 is 11.3 Å². The maximum atomic E-state index is 8.70. The molecule has 96 valence electrons. The highest BCUT2D eigenvalue weighted by atomic mass is 32.1. The lowest BCUT2D eigenvalue weighted by Crippen LogP contribution is -2.06. The molecule has 3 N–H and O–H groups in total. The van der Waals surface area contributed by atoms with Crippen LogP contribution in [0.3, 0.4) is 0 Å². The molecular formula is C12H16N4OS. The summed E-state index contributed by atoms with van der Waals surface area (Å²) in [4.78, 5) is 9.54. The van der Waals surface area contributed by atoms with Gasteiger partial charge in [-0.2, -0.15) is 0 Å². The first-order valence-corrected chi connectivity index (χ1v) is 6.69. The summed E-state index contributed by atoms with van der Waals surface area (Å²) in [6.45, 7) is 1.66. The molecule has 2 rings (SSSR count). The molecule has 0 atom stereocenters. The van der Waals surface area contributed by atoms with E-state index in [1.165, 1.54) is 11.2 Å². The molecule has 0 radical (unpaired) electrons. The van der Waals surface area contributed by atoms with Crippen molar-refractivity contribution >= 4 is 23.0 Å². The van der Waals surface area contributed by atoms with E-state index < -0.39 is 0 Å². The van der Waals surface area contributed by atoms with Gasteiger partial charge >= 0.3 is 0 Å². The third kappa shape index (κ3) is 3.97. The molecule has 6 heteroatoms. The number of hydrogen-bond donors (Lipinski definition) is 3. The zero-order valence-corrected chi connectivity index (χ0v) is 10.8. The third-order valence-corrected chi connectivity index (χ3v) is 3.21. The highest BCUT2D eigenvalue weighted by Crippen LogP contribution is 2.13. The number of aliphatic hydroxyl groups excluding tert-OH is 1. The summed E-state index contributed by atoms with van der Waals surface area (Å²) >= 11 is 1.71. The number of nitrogens with one attached hydrogen (secondary N) is 2. The molecule has 2 aromatic rings. The molecule has 2 aromatic heterocycles. The fourth-order valence-electron chi connectivity index (χ4n) is 1.44. The number of thiophene rings is 1. The van der Waals surface area contributed by atoms with Gasteiger partial charge in [0.05, 0.1) is 6.54 Å². The molecule has 0 fully saturated rings. The van der Waals surface area contributed by atoms with Crippen molar-refractivity contribution in [3.05, 3.63) is 34.8 Å². The van der Waals surface area contributed by atoms with Crippen LogP contribution in [0.25, 0.3) is 0 Å². The average Bonchev–Trinajstić information content (AvgIpc) is 2.90.